The monoisotopic (exact) mass is 285 g/mol. The molecule has 2 aliphatic rings. The van der Waals surface area contributed by atoms with Gasteiger partial charge in [0.05, 0.1) is 0 Å². The van der Waals surface area contributed by atoms with Gasteiger partial charge in [-0.2, -0.15) is 0 Å². The van der Waals surface area contributed by atoms with Crippen molar-refractivity contribution in [1.82, 2.24) is 0 Å². The highest BCUT2D eigenvalue weighted by Gasteiger charge is 2.44. The van der Waals surface area contributed by atoms with E-state index in [1.54, 1.807) is 11.3 Å². The third-order valence-electron chi connectivity index (χ3n) is 3.72. The highest BCUT2D eigenvalue weighted by atomic mass is 32.1. The average Bonchev–Trinajstić information content (AvgIpc) is 3.07. The number of guanidine groups is 1. The predicted octanol–water partition coefficient (Wildman–Crippen LogP) is 2.78. The van der Waals surface area contributed by atoms with Crippen LogP contribution in [0.1, 0.15) is 27.7 Å². The van der Waals surface area contributed by atoms with Crippen LogP contribution >= 0.6 is 11.3 Å². The van der Waals surface area contributed by atoms with Gasteiger partial charge in [0.15, 0.2) is 12.2 Å². The quantitative estimate of drug-likeness (QED) is 0.834. The Hall–Kier alpha value is -1.85. The highest BCUT2D eigenvalue weighted by Crippen LogP contribution is 2.47. The topological polar surface area (TPSA) is 62.9 Å². The Bertz CT molecular complexity index is 707. The zero-order valence-electron chi connectivity index (χ0n) is 11.1. The number of nitrogens with zero attached hydrogens (tertiary/aromatic N) is 1. The summed E-state index contributed by atoms with van der Waals surface area (Å²) in [5, 5.41) is 4.24. The van der Waals surface area contributed by atoms with Gasteiger partial charge in [-0.05, 0) is 24.1 Å². The van der Waals surface area contributed by atoms with E-state index >= 15 is 0 Å². The van der Waals surface area contributed by atoms with Crippen molar-refractivity contribution in [2.75, 3.05) is 5.32 Å². The summed E-state index contributed by atoms with van der Waals surface area (Å²) in [5.74, 6) is 0.445. The lowest BCUT2D eigenvalue weighted by atomic mass is 10.0. The minimum absolute atomic E-state index is 0.0837. The number of fused-ring (bicyclic) bond motifs is 3. The molecule has 0 aliphatic carbocycles. The first-order chi connectivity index (χ1) is 9.70. The molecule has 5 heteroatoms. The van der Waals surface area contributed by atoms with Gasteiger partial charge in [0.1, 0.15) is 11.1 Å². The van der Waals surface area contributed by atoms with Crippen LogP contribution in [0, 0.1) is 6.92 Å². The summed E-state index contributed by atoms with van der Waals surface area (Å²) in [5.41, 5.74) is 9.69. The molecule has 2 atom stereocenters. The number of aliphatic imine (C=N–C) groups is 1. The van der Waals surface area contributed by atoms with E-state index in [4.69, 9.17) is 10.5 Å². The zero-order chi connectivity index (χ0) is 13.7. The van der Waals surface area contributed by atoms with E-state index in [9.17, 15) is 0 Å². The molecule has 102 valence electrons. The van der Waals surface area contributed by atoms with Crippen LogP contribution in [0.3, 0.4) is 0 Å². The molecule has 2 unspecified atom stereocenters. The third kappa shape index (κ3) is 1.99. The summed E-state index contributed by atoms with van der Waals surface area (Å²) in [6.07, 6.45) is 0.936. The molecule has 1 aromatic carbocycles. The smallest absolute Gasteiger partial charge is 0.196 e. The van der Waals surface area contributed by atoms with Crippen LogP contribution in [0.25, 0.3) is 0 Å². The summed E-state index contributed by atoms with van der Waals surface area (Å²) in [6, 6.07) is 10.7. The fraction of sp³-hybridized carbons (Fsp3) is 0.267. The van der Waals surface area contributed by atoms with Gasteiger partial charge >= 0.3 is 0 Å². The van der Waals surface area contributed by atoms with Gasteiger partial charge in [-0.25, -0.2) is 4.99 Å². The van der Waals surface area contributed by atoms with E-state index in [1.807, 2.05) is 0 Å². The Morgan fingerprint density at radius 1 is 1.40 bits per heavy atom. The van der Waals surface area contributed by atoms with Crippen molar-refractivity contribution in [3.8, 4) is 0 Å². The molecule has 1 saturated heterocycles. The maximum absolute atomic E-state index is 5.82. The Kier molecular flexibility index (Phi) is 2.58. The number of benzene rings is 1. The summed E-state index contributed by atoms with van der Waals surface area (Å²) >= 11 is 1.73. The number of epoxide rings is 1. The van der Waals surface area contributed by atoms with Crippen LogP contribution in [-0.4, -0.2) is 12.2 Å². The number of anilines is 1. The van der Waals surface area contributed by atoms with E-state index in [0.717, 1.165) is 11.4 Å². The number of nitrogens with one attached hydrogen (secondary N) is 1. The number of thiophene rings is 1. The predicted molar refractivity (Wildman–Crippen MR) is 81.2 cm³/mol. The van der Waals surface area contributed by atoms with Crippen molar-refractivity contribution in [3.63, 3.8) is 0 Å². The number of ether oxygens (including phenoxy) is 1. The van der Waals surface area contributed by atoms with Crippen LogP contribution in [-0.2, 0) is 11.2 Å². The van der Waals surface area contributed by atoms with Crippen LogP contribution in [0.5, 0.6) is 0 Å². The second kappa shape index (κ2) is 4.33. The van der Waals surface area contributed by atoms with E-state index in [1.165, 1.54) is 21.6 Å². The number of nitrogens with two attached hydrogens (primary N) is 1. The molecule has 1 aromatic heterocycles. The Morgan fingerprint density at radius 3 is 3.10 bits per heavy atom. The normalized spacial score (nSPS) is 23.1. The Balaban J connectivity index is 1.66. The molecule has 3 N–H and O–H groups in total. The maximum atomic E-state index is 5.82. The minimum atomic E-state index is -0.0929. The van der Waals surface area contributed by atoms with Crippen molar-refractivity contribution < 1.29 is 4.74 Å². The van der Waals surface area contributed by atoms with Crippen LogP contribution in [0.15, 0.2) is 35.3 Å². The molecular weight excluding hydrogens is 270 g/mol. The van der Waals surface area contributed by atoms with Gasteiger partial charge in [-0.1, -0.05) is 24.3 Å². The van der Waals surface area contributed by atoms with E-state index in [0.29, 0.717) is 5.96 Å². The first-order valence-electron chi connectivity index (χ1n) is 6.63. The zero-order valence-corrected chi connectivity index (χ0v) is 11.9. The summed E-state index contributed by atoms with van der Waals surface area (Å²) in [6.45, 7) is 2.15. The Morgan fingerprint density at radius 2 is 2.25 bits per heavy atom. The molecule has 0 radical (unpaired) electrons. The summed E-state index contributed by atoms with van der Waals surface area (Å²) in [4.78, 5) is 5.55. The number of aryl methyl sites for hydroxylation is 1. The molecule has 0 bridgehead atoms. The van der Waals surface area contributed by atoms with Gasteiger partial charge in [-0.3, -0.25) is 0 Å². The van der Waals surface area contributed by atoms with Crippen molar-refractivity contribution >= 4 is 22.3 Å². The van der Waals surface area contributed by atoms with Crippen molar-refractivity contribution in [2.45, 2.75) is 25.7 Å². The van der Waals surface area contributed by atoms with Gasteiger partial charge in [0.2, 0.25) is 0 Å². The van der Waals surface area contributed by atoms with E-state index in [2.05, 4.69) is 47.6 Å². The van der Waals surface area contributed by atoms with Crippen LogP contribution < -0.4 is 11.1 Å². The SMILES string of the molecule is Cc1ccccc1Cc1cc2c(s1)NC(N)=NC1OC21. The highest BCUT2D eigenvalue weighted by molar-refractivity contribution is 7.16. The molecule has 2 aromatic rings. The molecule has 0 amide bonds. The summed E-state index contributed by atoms with van der Waals surface area (Å²) < 4.78 is 5.54. The number of hydrogen-bond donors (Lipinski definition) is 2. The minimum Gasteiger partial charge on any atom is -0.370 e. The molecule has 3 heterocycles. The largest absolute Gasteiger partial charge is 0.370 e. The molecular formula is C15H15N3OS. The second-order valence-corrected chi connectivity index (χ2v) is 6.32. The molecule has 0 spiro atoms. The molecule has 20 heavy (non-hydrogen) atoms. The lowest BCUT2D eigenvalue weighted by Crippen LogP contribution is -2.22. The van der Waals surface area contributed by atoms with Gasteiger partial charge in [0, 0.05) is 16.9 Å². The first kappa shape index (κ1) is 11.9. The maximum Gasteiger partial charge on any atom is 0.196 e. The van der Waals surface area contributed by atoms with Gasteiger partial charge < -0.3 is 15.8 Å². The lowest BCUT2D eigenvalue weighted by Gasteiger charge is -2.03. The van der Waals surface area contributed by atoms with Crippen LogP contribution in [0.2, 0.25) is 0 Å². The van der Waals surface area contributed by atoms with E-state index < -0.39 is 0 Å². The average molecular weight is 285 g/mol. The van der Waals surface area contributed by atoms with Crippen molar-refractivity contribution in [2.24, 2.45) is 10.7 Å². The fourth-order valence-corrected chi connectivity index (χ4v) is 3.69. The number of hydrogen-bond acceptors (Lipinski definition) is 5. The molecule has 2 aliphatic heterocycles. The van der Waals surface area contributed by atoms with Gasteiger partial charge in [-0.15, -0.1) is 11.3 Å². The molecule has 4 nitrogen and oxygen atoms in total. The second-order valence-electron chi connectivity index (χ2n) is 5.19. The molecule has 4 rings (SSSR count). The van der Waals surface area contributed by atoms with Gasteiger partial charge in [0.25, 0.3) is 0 Å². The lowest BCUT2D eigenvalue weighted by molar-refractivity contribution is 0.378. The first-order valence-corrected chi connectivity index (χ1v) is 7.45. The standard InChI is InChI=1S/C15H15N3OS/c1-8-4-2-3-5-9(8)6-10-7-11-12-13(19-12)17-15(16)18-14(11)20-10/h2-5,7,12-13H,6H2,1H3,(H3,16,17,18). The van der Waals surface area contributed by atoms with Crippen molar-refractivity contribution in [3.05, 3.63) is 51.9 Å². The molecule has 0 saturated carbocycles. The third-order valence-corrected chi connectivity index (χ3v) is 4.79. The van der Waals surface area contributed by atoms with E-state index in [-0.39, 0.29) is 12.3 Å². The number of rotatable bonds is 2. The Labute approximate surface area is 121 Å². The summed E-state index contributed by atoms with van der Waals surface area (Å²) in [7, 11) is 0. The fourth-order valence-electron chi connectivity index (χ4n) is 2.57. The van der Waals surface area contributed by atoms with Crippen molar-refractivity contribution in [1.29, 1.82) is 0 Å². The van der Waals surface area contributed by atoms with Crippen LogP contribution in [0.4, 0.5) is 5.00 Å². The molecule has 1 fully saturated rings.